The van der Waals surface area contributed by atoms with Gasteiger partial charge in [-0.2, -0.15) is 0 Å². The molecule has 7 heteroatoms. The molecule has 0 atom stereocenters. The first-order valence-electron chi connectivity index (χ1n) is 9.70. The van der Waals surface area contributed by atoms with Crippen molar-refractivity contribution in [2.45, 2.75) is 6.42 Å². The summed E-state index contributed by atoms with van der Waals surface area (Å²) >= 11 is 0. The monoisotopic (exact) mass is 395 g/mol. The summed E-state index contributed by atoms with van der Waals surface area (Å²) in [6.45, 7) is 1.96. The van der Waals surface area contributed by atoms with Crippen LogP contribution in [-0.2, 0) is 9.59 Å². The Hall–Kier alpha value is -3.35. The van der Waals surface area contributed by atoms with Gasteiger partial charge in [0.15, 0.2) is 6.61 Å². The van der Waals surface area contributed by atoms with Gasteiger partial charge in [0, 0.05) is 31.7 Å². The van der Waals surface area contributed by atoms with E-state index in [2.05, 4.69) is 5.32 Å². The lowest BCUT2D eigenvalue weighted by Crippen LogP contribution is -2.43. The topological polar surface area (TPSA) is 79.0 Å². The van der Waals surface area contributed by atoms with Crippen molar-refractivity contribution in [3.8, 4) is 5.75 Å². The van der Waals surface area contributed by atoms with E-state index in [4.69, 9.17) is 4.74 Å². The van der Waals surface area contributed by atoms with Gasteiger partial charge in [-0.05, 0) is 30.7 Å². The van der Waals surface area contributed by atoms with E-state index in [1.807, 2.05) is 24.3 Å². The molecular formula is C22H25N3O4. The molecule has 1 heterocycles. The quantitative estimate of drug-likeness (QED) is 0.805. The van der Waals surface area contributed by atoms with Gasteiger partial charge in [0.05, 0.1) is 6.54 Å². The van der Waals surface area contributed by atoms with E-state index in [1.165, 1.54) is 0 Å². The van der Waals surface area contributed by atoms with Crippen LogP contribution in [0.15, 0.2) is 60.7 Å². The molecule has 1 N–H and O–H groups in total. The fraction of sp³-hybridized carbons (Fsp3) is 0.318. The van der Waals surface area contributed by atoms with Crippen LogP contribution in [0.3, 0.4) is 0 Å². The molecule has 0 unspecified atom stereocenters. The fourth-order valence-corrected chi connectivity index (χ4v) is 3.13. The third-order valence-corrected chi connectivity index (χ3v) is 4.74. The normalized spacial score (nSPS) is 14.1. The third kappa shape index (κ3) is 6.07. The maximum absolute atomic E-state index is 12.5. The van der Waals surface area contributed by atoms with Gasteiger partial charge in [-0.25, -0.2) is 0 Å². The summed E-state index contributed by atoms with van der Waals surface area (Å²) in [5.74, 6) is 0.134. The smallest absolute Gasteiger partial charge is 0.260 e. The van der Waals surface area contributed by atoms with Crippen molar-refractivity contribution in [3.05, 3.63) is 66.2 Å². The molecule has 0 aliphatic carbocycles. The maximum Gasteiger partial charge on any atom is 0.260 e. The first-order valence-corrected chi connectivity index (χ1v) is 9.70. The number of para-hydroxylation sites is 1. The Morgan fingerprint density at radius 1 is 0.793 bits per heavy atom. The van der Waals surface area contributed by atoms with Crippen LogP contribution >= 0.6 is 0 Å². The number of ether oxygens (including phenoxy) is 1. The molecule has 0 bridgehead atoms. The van der Waals surface area contributed by atoms with Crippen molar-refractivity contribution in [1.82, 2.24) is 15.1 Å². The van der Waals surface area contributed by atoms with Gasteiger partial charge in [-0.3, -0.25) is 14.4 Å². The van der Waals surface area contributed by atoms with E-state index in [1.54, 1.807) is 46.2 Å². The summed E-state index contributed by atoms with van der Waals surface area (Å²) in [4.78, 5) is 40.4. The molecule has 1 saturated heterocycles. The second kappa shape index (κ2) is 10.3. The SMILES string of the molecule is O=C(NCC(=O)N1CCCN(C(=O)COc2ccccc2)CC1)c1ccccc1. The Morgan fingerprint density at radius 3 is 2.03 bits per heavy atom. The molecule has 3 amide bonds. The Kier molecular flexibility index (Phi) is 7.22. The maximum atomic E-state index is 12.5. The van der Waals surface area contributed by atoms with Crippen LogP contribution < -0.4 is 10.1 Å². The summed E-state index contributed by atoms with van der Waals surface area (Å²) in [6, 6.07) is 18.0. The molecule has 1 aliphatic heterocycles. The molecule has 0 saturated carbocycles. The standard InChI is InChI=1S/C22H25N3O4/c26-20(16-23-22(28)18-8-3-1-4-9-18)24-12-7-13-25(15-14-24)21(27)17-29-19-10-5-2-6-11-19/h1-6,8-11H,7,12-17H2,(H,23,28). The fourth-order valence-electron chi connectivity index (χ4n) is 3.13. The highest BCUT2D eigenvalue weighted by molar-refractivity contribution is 5.96. The van der Waals surface area contributed by atoms with Gasteiger partial charge >= 0.3 is 0 Å². The minimum atomic E-state index is -0.274. The van der Waals surface area contributed by atoms with Gasteiger partial charge in [0.1, 0.15) is 5.75 Å². The van der Waals surface area contributed by atoms with E-state index in [0.29, 0.717) is 43.9 Å². The predicted molar refractivity (Wildman–Crippen MR) is 108 cm³/mol. The number of amides is 3. The van der Waals surface area contributed by atoms with Gasteiger partial charge < -0.3 is 19.9 Å². The van der Waals surface area contributed by atoms with Gasteiger partial charge in [-0.15, -0.1) is 0 Å². The zero-order valence-corrected chi connectivity index (χ0v) is 16.3. The minimum absolute atomic E-state index is 0.0227. The number of nitrogens with zero attached hydrogens (tertiary/aromatic N) is 2. The highest BCUT2D eigenvalue weighted by Crippen LogP contribution is 2.09. The lowest BCUT2D eigenvalue weighted by molar-refractivity contribution is -0.134. The number of carbonyl (C=O) groups excluding carboxylic acids is 3. The van der Waals surface area contributed by atoms with E-state index < -0.39 is 0 Å². The summed E-state index contributed by atoms with van der Waals surface area (Å²) < 4.78 is 5.52. The summed E-state index contributed by atoms with van der Waals surface area (Å²) in [5.41, 5.74) is 0.520. The second-order valence-electron chi connectivity index (χ2n) is 6.77. The number of rotatable bonds is 6. The van der Waals surface area contributed by atoms with E-state index >= 15 is 0 Å². The number of carbonyl (C=O) groups is 3. The molecule has 3 rings (SSSR count). The van der Waals surface area contributed by atoms with Crippen LogP contribution in [0.1, 0.15) is 16.8 Å². The van der Waals surface area contributed by atoms with Crippen molar-refractivity contribution in [3.63, 3.8) is 0 Å². The van der Waals surface area contributed by atoms with Crippen molar-refractivity contribution in [2.24, 2.45) is 0 Å². The average Bonchev–Trinajstić information content (AvgIpc) is 3.03. The number of benzene rings is 2. The highest BCUT2D eigenvalue weighted by Gasteiger charge is 2.22. The predicted octanol–water partition coefficient (Wildman–Crippen LogP) is 1.56. The first kappa shape index (κ1) is 20.4. The van der Waals surface area contributed by atoms with E-state index in [9.17, 15) is 14.4 Å². The van der Waals surface area contributed by atoms with E-state index in [-0.39, 0.29) is 30.9 Å². The molecular weight excluding hydrogens is 370 g/mol. The van der Waals surface area contributed by atoms with Crippen LogP contribution in [0.4, 0.5) is 0 Å². The summed E-state index contributed by atoms with van der Waals surface area (Å²) in [6.07, 6.45) is 0.690. The zero-order valence-electron chi connectivity index (χ0n) is 16.3. The Bertz CT molecular complexity index is 826. The van der Waals surface area contributed by atoms with Crippen molar-refractivity contribution in [1.29, 1.82) is 0 Å². The molecule has 29 heavy (non-hydrogen) atoms. The van der Waals surface area contributed by atoms with Crippen LogP contribution in [-0.4, -0.2) is 66.9 Å². The molecule has 1 aliphatic rings. The number of nitrogens with one attached hydrogen (secondary N) is 1. The number of hydrogen-bond acceptors (Lipinski definition) is 4. The van der Waals surface area contributed by atoms with Crippen LogP contribution in [0.5, 0.6) is 5.75 Å². The second-order valence-corrected chi connectivity index (χ2v) is 6.77. The van der Waals surface area contributed by atoms with Crippen molar-refractivity contribution >= 4 is 17.7 Å². The van der Waals surface area contributed by atoms with E-state index in [0.717, 1.165) is 0 Å². The first-order chi connectivity index (χ1) is 14.1. The molecule has 1 fully saturated rings. The van der Waals surface area contributed by atoms with Gasteiger partial charge in [0.2, 0.25) is 5.91 Å². The van der Waals surface area contributed by atoms with Crippen LogP contribution in [0.2, 0.25) is 0 Å². The lowest BCUT2D eigenvalue weighted by Gasteiger charge is -2.22. The summed E-state index contributed by atoms with van der Waals surface area (Å²) in [5, 5.41) is 2.66. The number of hydrogen-bond donors (Lipinski definition) is 1. The van der Waals surface area contributed by atoms with Crippen molar-refractivity contribution < 1.29 is 19.1 Å². The molecule has 152 valence electrons. The average molecular weight is 395 g/mol. The molecule has 7 nitrogen and oxygen atoms in total. The zero-order chi connectivity index (χ0) is 20.5. The molecule has 2 aromatic carbocycles. The lowest BCUT2D eigenvalue weighted by atomic mass is 10.2. The third-order valence-electron chi connectivity index (χ3n) is 4.74. The molecule has 0 aromatic heterocycles. The Balaban J connectivity index is 1.43. The van der Waals surface area contributed by atoms with Crippen LogP contribution in [0, 0.1) is 0 Å². The van der Waals surface area contributed by atoms with Gasteiger partial charge in [0.25, 0.3) is 11.8 Å². The van der Waals surface area contributed by atoms with Gasteiger partial charge in [-0.1, -0.05) is 36.4 Å². The Morgan fingerprint density at radius 2 is 1.38 bits per heavy atom. The highest BCUT2D eigenvalue weighted by atomic mass is 16.5. The Labute approximate surface area is 170 Å². The largest absolute Gasteiger partial charge is 0.484 e. The van der Waals surface area contributed by atoms with Crippen molar-refractivity contribution in [2.75, 3.05) is 39.3 Å². The molecule has 0 radical (unpaired) electrons. The summed E-state index contributed by atoms with van der Waals surface area (Å²) in [7, 11) is 0. The molecule has 2 aromatic rings. The minimum Gasteiger partial charge on any atom is -0.484 e. The van der Waals surface area contributed by atoms with Crippen LogP contribution in [0.25, 0.3) is 0 Å². The molecule has 0 spiro atoms.